The lowest BCUT2D eigenvalue weighted by Crippen LogP contribution is -2.53. The van der Waals surface area contributed by atoms with Gasteiger partial charge in [0.1, 0.15) is 13.1 Å². The van der Waals surface area contributed by atoms with Crippen molar-refractivity contribution in [2.45, 2.75) is 19.8 Å². The van der Waals surface area contributed by atoms with Crippen LogP contribution >= 0.6 is 0 Å². The number of allylic oxidation sites excluding steroid dienone is 3. The third-order valence-corrected chi connectivity index (χ3v) is 5.39. The Bertz CT molecular complexity index is 600. The summed E-state index contributed by atoms with van der Waals surface area (Å²) in [5.74, 6) is 0. The predicted molar refractivity (Wildman–Crippen MR) is 88.2 cm³/mol. The van der Waals surface area contributed by atoms with Crippen LogP contribution in [-0.2, 0) is 14.9 Å². The van der Waals surface area contributed by atoms with Crippen LogP contribution in [0.1, 0.15) is 19.8 Å². The molecule has 1 atom stereocenters. The van der Waals surface area contributed by atoms with Crippen molar-refractivity contribution >= 4 is 16.1 Å². The van der Waals surface area contributed by atoms with E-state index in [0.29, 0.717) is 6.42 Å². The molecular weight excluding hydrogens is 318 g/mol. The number of morpholine rings is 1. The summed E-state index contributed by atoms with van der Waals surface area (Å²) in [6.07, 6.45) is 6.71. The van der Waals surface area contributed by atoms with Gasteiger partial charge in [0.2, 0.25) is 0 Å². The van der Waals surface area contributed by atoms with Crippen LogP contribution in [0.2, 0.25) is 0 Å². The molecule has 0 bridgehead atoms. The van der Waals surface area contributed by atoms with Crippen molar-refractivity contribution in [3.05, 3.63) is 23.1 Å². The van der Waals surface area contributed by atoms with E-state index in [0.717, 1.165) is 43.8 Å². The molecule has 130 valence electrons. The van der Waals surface area contributed by atoms with Crippen LogP contribution in [0, 0.1) is 16.2 Å². The fourth-order valence-corrected chi connectivity index (χ4v) is 3.20. The summed E-state index contributed by atoms with van der Waals surface area (Å²) < 4.78 is 37.6. The second kappa shape index (κ2) is 7.99. The first-order valence-electron chi connectivity index (χ1n) is 7.51. The highest BCUT2D eigenvalue weighted by molar-refractivity contribution is 7.90. The molecule has 1 aliphatic carbocycles. The minimum atomic E-state index is -4.07. The smallest absolute Gasteiger partial charge is 0.294 e. The minimum Gasteiger partial charge on any atom is -0.370 e. The Labute approximate surface area is 138 Å². The van der Waals surface area contributed by atoms with E-state index in [2.05, 4.69) is 14.0 Å². The molecule has 1 heterocycles. The fraction of sp³-hybridized carbons (Fsp3) is 0.667. The second-order valence-electron chi connectivity index (χ2n) is 6.55. The van der Waals surface area contributed by atoms with Gasteiger partial charge in [-0.3, -0.25) is 4.55 Å². The van der Waals surface area contributed by atoms with Crippen LogP contribution in [0.4, 0.5) is 0 Å². The standard InChI is InChI=1S/C14H23NO4S.CH2N2/c1-14(5-3-13(4-6-14)20(16,17)18)7-8-15(2)9-11-19-12-10-15;2-1-3/h3-5H,6-12H2,1-2H3;2-3H/p+1. The van der Waals surface area contributed by atoms with Crippen molar-refractivity contribution in [3.8, 4) is 0 Å². The topological polar surface area (TPSA) is 111 Å². The summed E-state index contributed by atoms with van der Waals surface area (Å²) in [5, 5.41) is 11.2. The summed E-state index contributed by atoms with van der Waals surface area (Å²) in [7, 11) is -1.82. The van der Waals surface area contributed by atoms with Gasteiger partial charge in [-0.05, 0) is 17.9 Å². The van der Waals surface area contributed by atoms with Crippen LogP contribution in [0.25, 0.3) is 0 Å². The van der Waals surface area contributed by atoms with Crippen molar-refractivity contribution < 1.29 is 22.2 Å². The Morgan fingerprint density at radius 3 is 2.39 bits per heavy atom. The van der Waals surface area contributed by atoms with Gasteiger partial charge in [0.15, 0.2) is 0 Å². The molecule has 0 amide bonds. The number of nitrogens with one attached hydrogen (secondary N) is 2. The number of ether oxygens (including phenoxy) is 1. The van der Waals surface area contributed by atoms with E-state index in [4.69, 9.17) is 20.1 Å². The molecule has 7 nitrogen and oxygen atoms in total. The molecule has 23 heavy (non-hydrogen) atoms. The highest BCUT2D eigenvalue weighted by Crippen LogP contribution is 2.34. The van der Waals surface area contributed by atoms with Gasteiger partial charge in [-0.2, -0.15) is 8.42 Å². The average Bonchev–Trinajstić information content (AvgIpc) is 2.47. The molecule has 0 aromatic heterocycles. The average molecular weight is 344 g/mol. The lowest BCUT2D eigenvalue weighted by atomic mass is 9.80. The third kappa shape index (κ3) is 6.37. The van der Waals surface area contributed by atoms with Crippen molar-refractivity contribution in [2.24, 2.45) is 5.41 Å². The van der Waals surface area contributed by atoms with Gasteiger partial charge in [-0.25, -0.2) is 10.8 Å². The lowest BCUT2D eigenvalue weighted by molar-refractivity contribution is -0.917. The number of rotatable bonds is 4. The van der Waals surface area contributed by atoms with E-state index < -0.39 is 10.1 Å². The molecule has 1 saturated heterocycles. The lowest BCUT2D eigenvalue weighted by Gasteiger charge is -2.40. The van der Waals surface area contributed by atoms with Crippen LogP contribution in [0.5, 0.6) is 0 Å². The van der Waals surface area contributed by atoms with E-state index in [1.54, 1.807) is 6.08 Å². The van der Waals surface area contributed by atoms with Gasteiger partial charge in [0.25, 0.3) is 10.1 Å². The summed E-state index contributed by atoms with van der Waals surface area (Å²) in [5.41, 5.74) is -0.0340. The first-order chi connectivity index (χ1) is 10.6. The van der Waals surface area contributed by atoms with E-state index in [9.17, 15) is 8.42 Å². The summed E-state index contributed by atoms with van der Waals surface area (Å²) in [6, 6.07) is 1.25. The molecule has 0 saturated carbocycles. The molecule has 2 rings (SSSR count). The Morgan fingerprint density at radius 2 is 1.96 bits per heavy atom. The highest BCUT2D eigenvalue weighted by Gasteiger charge is 2.31. The zero-order valence-corrected chi connectivity index (χ0v) is 14.5. The van der Waals surface area contributed by atoms with E-state index in [-0.39, 0.29) is 10.3 Å². The third-order valence-electron chi connectivity index (χ3n) is 4.49. The maximum Gasteiger partial charge on any atom is 0.294 e. The largest absolute Gasteiger partial charge is 0.370 e. The van der Waals surface area contributed by atoms with Crippen LogP contribution in [0.15, 0.2) is 23.1 Å². The van der Waals surface area contributed by atoms with Crippen molar-refractivity contribution in [1.82, 2.24) is 0 Å². The summed E-state index contributed by atoms with van der Waals surface area (Å²) in [4.78, 5) is 0.0155. The molecule has 8 heteroatoms. The van der Waals surface area contributed by atoms with Crippen molar-refractivity contribution in [1.29, 1.82) is 10.8 Å². The number of nitrogens with zero attached hydrogens (tertiary/aromatic N) is 1. The number of hydrogen-bond donors (Lipinski definition) is 3. The zero-order valence-electron chi connectivity index (χ0n) is 13.7. The van der Waals surface area contributed by atoms with Crippen LogP contribution in [0.3, 0.4) is 0 Å². The number of quaternary nitrogens is 1. The van der Waals surface area contributed by atoms with Gasteiger partial charge in [0.05, 0.1) is 37.7 Å². The minimum absolute atomic E-state index is 0.0155. The molecule has 0 spiro atoms. The van der Waals surface area contributed by atoms with Gasteiger partial charge in [0, 0.05) is 6.42 Å². The van der Waals surface area contributed by atoms with E-state index >= 15 is 0 Å². The first kappa shape index (κ1) is 19.7. The second-order valence-corrected chi connectivity index (χ2v) is 7.97. The molecular formula is C15H26N3O4S+. The molecule has 3 N–H and O–H groups in total. The maximum atomic E-state index is 11.1. The van der Waals surface area contributed by atoms with Gasteiger partial charge in [-0.1, -0.05) is 19.1 Å². The Hall–Kier alpha value is -1.31. The van der Waals surface area contributed by atoms with Crippen LogP contribution in [-0.4, -0.2) is 63.4 Å². The number of likely N-dealkylation sites (N-methyl/N-ethyl adjacent to an activating group) is 1. The SMILES string of the molecule is CC1(CC[N+]2(C)CCOCC2)C=CC(S(=O)(=O)O)=CC1.N=C=N. The summed E-state index contributed by atoms with van der Waals surface area (Å²) in [6.45, 7) is 6.89. The Kier molecular flexibility index (Phi) is 6.85. The Balaban J connectivity index is 0.000000816. The molecule has 0 aromatic carbocycles. The van der Waals surface area contributed by atoms with Gasteiger partial charge < -0.3 is 9.22 Å². The molecule has 1 fully saturated rings. The quantitative estimate of drug-likeness (QED) is 0.411. The monoisotopic (exact) mass is 344 g/mol. The van der Waals surface area contributed by atoms with E-state index in [1.807, 2.05) is 6.08 Å². The predicted octanol–water partition coefficient (Wildman–Crippen LogP) is 1.91. The van der Waals surface area contributed by atoms with Crippen molar-refractivity contribution in [3.63, 3.8) is 0 Å². The van der Waals surface area contributed by atoms with Crippen molar-refractivity contribution in [2.75, 3.05) is 39.9 Å². The summed E-state index contributed by atoms with van der Waals surface area (Å²) >= 11 is 0. The molecule has 0 aromatic rings. The highest BCUT2D eigenvalue weighted by atomic mass is 32.2. The maximum absolute atomic E-state index is 11.1. The molecule has 2 aliphatic rings. The number of hydrogen-bond acceptors (Lipinski definition) is 5. The first-order valence-corrected chi connectivity index (χ1v) is 8.95. The molecule has 0 radical (unpaired) electrons. The van der Waals surface area contributed by atoms with E-state index in [1.165, 1.54) is 12.1 Å². The normalized spacial score (nSPS) is 26.5. The Morgan fingerprint density at radius 1 is 1.39 bits per heavy atom. The van der Waals surface area contributed by atoms with Gasteiger partial charge in [-0.15, -0.1) is 0 Å². The molecule has 1 unspecified atom stereocenters. The molecule has 1 aliphatic heterocycles. The van der Waals surface area contributed by atoms with Crippen LogP contribution < -0.4 is 0 Å². The fourth-order valence-electron chi connectivity index (χ4n) is 2.66. The zero-order chi connectivity index (χ0) is 17.6. The van der Waals surface area contributed by atoms with Gasteiger partial charge >= 0.3 is 0 Å².